The van der Waals surface area contributed by atoms with Gasteiger partial charge in [-0.15, -0.1) is 0 Å². The molecule has 4 rings (SSSR count). The fourth-order valence-corrected chi connectivity index (χ4v) is 4.03. The summed E-state index contributed by atoms with van der Waals surface area (Å²) in [7, 11) is 0. The Balaban J connectivity index is 1.67. The van der Waals surface area contributed by atoms with Crippen LogP contribution in [-0.4, -0.2) is 46.5 Å². The average molecular weight is 395 g/mol. The summed E-state index contributed by atoms with van der Waals surface area (Å²) in [6.07, 6.45) is 5.40. The lowest BCUT2D eigenvalue weighted by Gasteiger charge is -2.26. The number of ether oxygens (including phenoxy) is 1. The van der Waals surface area contributed by atoms with Gasteiger partial charge in [-0.25, -0.2) is 4.98 Å². The van der Waals surface area contributed by atoms with Crippen molar-refractivity contribution in [2.45, 2.75) is 13.8 Å². The van der Waals surface area contributed by atoms with Gasteiger partial charge in [0, 0.05) is 24.8 Å². The van der Waals surface area contributed by atoms with Gasteiger partial charge in [0.1, 0.15) is 4.88 Å². The number of thiazole rings is 1. The molecular formula is C21H21N3O3S. The van der Waals surface area contributed by atoms with Gasteiger partial charge in [0.15, 0.2) is 4.96 Å². The molecule has 1 aromatic carbocycles. The Morgan fingerprint density at radius 2 is 1.86 bits per heavy atom. The second kappa shape index (κ2) is 7.69. The number of aromatic nitrogens is 2. The summed E-state index contributed by atoms with van der Waals surface area (Å²) in [5.74, 6) is -0.0763. The first-order valence-corrected chi connectivity index (χ1v) is 9.99. The van der Waals surface area contributed by atoms with Crippen LogP contribution in [0, 0.1) is 13.8 Å². The fraction of sp³-hybridized carbons (Fsp3) is 0.286. The van der Waals surface area contributed by atoms with Gasteiger partial charge >= 0.3 is 0 Å². The molecule has 7 heteroatoms. The van der Waals surface area contributed by atoms with Gasteiger partial charge < -0.3 is 9.64 Å². The molecule has 1 fully saturated rings. The van der Waals surface area contributed by atoms with Crippen molar-refractivity contribution in [1.29, 1.82) is 0 Å². The zero-order chi connectivity index (χ0) is 19.7. The van der Waals surface area contributed by atoms with Gasteiger partial charge in [0.2, 0.25) is 0 Å². The number of fused-ring (bicyclic) bond motifs is 1. The van der Waals surface area contributed by atoms with Crippen LogP contribution < -0.4 is 5.56 Å². The Morgan fingerprint density at radius 1 is 1.14 bits per heavy atom. The van der Waals surface area contributed by atoms with Crippen LogP contribution in [-0.2, 0) is 4.74 Å². The van der Waals surface area contributed by atoms with Crippen molar-refractivity contribution in [2.24, 2.45) is 0 Å². The van der Waals surface area contributed by atoms with Crippen molar-refractivity contribution < 1.29 is 9.53 Å². The highest BCUT2D eigenvalue weighted by atomic mass is 32.1. The Labute approximate surface area is 166 Å². The van der Waals surface area contributed by atoms with Crippen molar-refractivity contribution in [3.63, 3.8) is 0 Å². The van der Waals surface area contributed by atoms with Crippen LogP contribution in [0.3, 0.4) is 0 Å². The maximum absolute atomic E-state index is 12.8. The first-order chi connectivity index (χ1) is 13.5. The monoisotopic (exact) mass is 395 g/mol. The zero-order valence-electron chi connectivity index (χ0n) is 15.8. The lowest BCUT2D eigenvalue weighted by atomic mass is 10.1. The first-order valence-electron chi connectivity index (χ1n) is 9.17. The third-order valence-corrected chi connectivity index (χ3v) is 5.78. The predicted octanol–water partition coefficient (Wildman–Crippen LogP) is 3.02. The van der Waals surface area contributed by atoms with Gasteiger partial charge in [-0.3, -0.25) is 14.0 Å². The molecule has 1 aliphatic heterocycles. The summed E-state index contributed by atoms with van der Waals surface area (Å²) >= 11 is 1.25. The number of carbonyl (C=O) groups is 1. The normalized spacial score (nSPS) is 14.9. The minimum atomic E-state index is -0.147. The number of morpholine rings is 1. The second-order valence-corrected chi connectivity index (χ2v) is 7.83. The lowest BCUT2D eigenvalue weighted by Crippen LogP contribution is -2.40. The molecule has 1 amide bonds. The number of hydrogen-bond donors (Lipinski definition) is 0. The van der Waals surface area contributed by atoms with E-state index in [0.717, 1.165) is 5.56 Å². The third kappa shape index (κ3) is 3.63. The topological polar surface area (TPSA) is 63.9 Å². The average Bonchev–Trinajstić information content (AvgIpc) is 3.15. The summed E-state index contributed by atoms with van der Waals surface area (Å²) in [6, 6.07) is 8.13. The van der Waals surface area contributed by atoms with E-state index in [4.69, 9.17) is 4.74 Å². The van der Waals surface area contributed by atoms with E-state index < -0.39 is 0 Å². The van der Waals surface area contributed by atoms with Crippen LogP contribution in [0.25, 0.3) is 17.1 Å². The van der Waals surface area contributed by atoms with E-state index in [-0.39, 0.29) is 11.5 Å². The van der Waals surface area contributed by atoms with Gasteiger partial charge in [0.05, 0.1) is 18.9 Å². The number of carbonyl (C=O) groups excluding carboxylic acids is 1. The molecule has 0 radical (unpaired) electrons. The molecule has 28 heavy (non-hydrogen) atoms. The highest BCUT2D eigenvalue weighted by molar-refractivity contribution is 7.18. The van der Waals surface area contributed by atoms with E-state index >= 15 is 0 Å². The van der Waals surface area contributed by atoms with Crippen molar-refractivity contribution in [3.8, 4) is 0 Å². The summed E-state index contributed by atoms with van der Waals surface area (Å²) in [6.45, 7) is 6.03. The molecule has 0 unspecified atom stereocenters. The molecule has 0 N–H and O–H groups in total. The van der Waals surface area contributed by atoms with Crippen LogP contribution >= 0.6 is 11.3 Å². The Morgan fingerprint density at radius 3 is 2.57 bits per heavy atom. The minimum Gasteiger partial charge on any atom is -0.378 e. The largest absolute Gasteiger partial charge is 0.378 e. The molecule has 3 heterocycles. The Kier molecular flexibility index (Phi) is 5.11. The van der Waals surface area contributed by atoms with E-state index in [0.29, 0.717) is 47.4 Å². The molecule has 1 saturated heterocycles. The number of rotatable bonds is 3. The lowest BCUT2D eigenvalue weighted by molar-refractivity contribution is 0.0306. The van der Waals surface area contributed by atoms with Gasteiger partial charge in [-0.05, 0) is 25.5 Å². The smallest absolute Gasteiger partial charge is 0.265 e. The molecule has 0 spiro atoms. The van der Waals surface area contributed by atoms with E-state index in [9.17, 15) is 9.59 Å². The van der Waals surface area contributed by atoms with Gasteiger partial charge in [-0.1, -0.05) is 47.2 Å². The van der Waals surface area contributed by atoms with Crippen molar-refractivity contribution in [3.05, 3.63) is 68.1 Å². The third-order valence-electron chi connectivity index (χ3n) is 4.81. The quantitative estimate of drug-likeness (QED) is 0.684. The second-order valence-electron chi connectivity index (χ2n) is 6.82. The first kappa shape index (κ1) is 18.6. The Hall–Kier alpha value is -2.77. The number of hydrogen-bond acceptors (Lipinski definition) is 5. The van der Waals surface area contributed by atoms with Crippen LogP contribution in [0.4, 0.5) is 0 Å². The molecule has 0 bridgehead atoms. The number of amides is 1. The molecule has 0 aliphatic carbocycles. The summed E-state index contributed by atoms with van der Waals surface area (Å²) in [5.41, 5.74) is 3.27. The van der Waals surface area contributed by atoms with Gasteiger partial charge in [-0.2, -0.15) is 0 Å². The van der Waals surface area contributed by atoms with Crippen molar-refractivity contribution in [2.75, 3.05) is 26.3 Å². The number of benzene rings is 1. The number of nitrogens with zero attached hydrogens (tertiary/aromatic N) is 3. The van der Waals surface area contributed by atoms with Crippen LogP contribution in [0.1, 0.15) is 32.1 Å². The molecule has 1 aliphatic rings. The van der Waals surface area contributed by atoms with Gasteiger partial charge in [0.25, 0.3) is 11.5 Å². The van der Waals surface area contributed by atoms with E-state index in [1.807, 2.05) is 43.3 Å². The van der Waals surface area contributed by atoms with Crippen LogP contribution in [0.2, 0.25) is 0 Å². The van der Waals surface area contributed by atoms with Crippen LogP contribution in [0.15, 0.2) is 35.3 Å². The van der Waals surface area contributed by atoms with Crippen LogP contribution in [0.5, 0.6) is 0 Å². The maximum Gasteiger partial charge on any atom is 0.265 e. The van der Waals surface area contributed by atoms with E-state index in [1.165, 1.54) is 21.3 Å². The van der Waals surface area contributed by atoms with Crippen molar-refractivity contribution in [1.82, 2.24) is 14.3 Å². The highest BCUT2D eigenvalue weighted by Crippen LogP contribution is 2.19. The Bertz CT molecular complexity index is 1110. The predicted molar refractivity (Wildman–Crippen MR) is 111 cm³/mol. The molecule has 0 atom stereocenters. The molecule has 3 aromatic rings. The maximum atomic E-state index is 12.8. The van der Waals surface area contributed by atoms with E-state index in [1.54, 1.807) is 18.0 Å². The zero-order valence-corrected chi connectivity index (χ0v) is 16.7. The molecule has 0 saturated carbocycles. The summed E-state index contributed by atoms with van der Waals surface area (Å²) in [4.78, 5) is 32.9. The standard InChI is InChI=1S/C21H21N3O3S/c1-14-3-5-16(6-4-14)7-8-17-15(2)19(25)24-13-18(28-21(24)22-17)20(26)23-9-11-27-12-10-23/h3-8,13H,9-12H2,1-2H3. The van der Waals surface area contributed by atoms with Crippen molar-refractivity contribution >= 4 is 34.4 Å². The number of aryl methyl sites for hydroxylation is 1. The summed E-state index contributed by atoms with van der Waals surface area (Å²) in [5, 5.41) is 0. The van der Waals surface area contributed by atoms with E-state index in [2.05, 4.69) is 4.98 Å². The highest BCUT2D eigenvalue weighted by Gasteiger charge is 2.22. The molecule has 144 valence electrons. The minimum absolute atomic E-state index is 0.0763. The molecule has 6 nitrogen and oxygen atoms in total. The SMILES string of the molecule is Cc1ccc(C=Cc2nc3sc(C(=O)N4CCOCC4)cn3c(=O)c2C)cc1. The fourth-order valence-electron chi connectivity index (χ4n) is 3.08. The molecular weight excluding hydrogens is 374 g/mol. The molecule has 2 aromatic heterocycles. The summed E-state index contributed by atoms with van der Waals surface area (Å²) < 4.78 is 6.77.